The first kappa shape index (κ1) is 15.3. The zero-order valence-electron chi connectivity index (χ0n) is 12.5. The Morgan fingerprint density at radius 2 is 1.86 bits per heavy atom. The second kappa shape index (κ2) is 7.59. The first-order valence-corrected chi connectivity index (χ1v) is 7.19. The maximum absolute atomic E-state index is 5.55. The largest absolute Gasteiger partial charge is 0.475 e. The molecule has 5 heteroatoms. The third-order valence-electron chi connectivity index (χ3n) is 2.89. The molecule has 0 fully saturated rings. The summed E-state index contributed by atoms with van der Waals surface area (Å²) in [6.45, 7) is 5.29. The minimum absolute atomic E-state index is 0.0999. The van der Waals surface area contributed by atoms with E-state index in [9.17, 15) is 0 Å². The number of hydrogen-bond acceptors (Lipinski definition) is 5. The molecule has 0 atom stereocenters. The molecule has 0 radical (unpaired) electrons. The van der Waals surface area contributed by atoms with Gasteiger partial charge in [-0.1, -0.05) is 24.3 Å². The highest BCUT2D eigenvalue weighted by atomic mass is 16.5. The van der Waals surface area contributed by atoms with Crippen molar-refractivity contribution < 1.29 is 4.74 Å². The van der Waals surface area contributed by atoms with Gasteiger partial charge in [0.2, 0.25) is 11.8 Å². The molecule has 21 heavy (non-hydrogen) atoms. The Morgan fingerprint density at radius 1 is 1.14 bits per heavy atom. The van der Waals surface area contributed by atoms with E-state index in [0.717, 1.165) is 6.42 Å². The molecule has 0 bridgehead atoms. The van der Waals surface area contributed by atoms with E-state index in [-0.39, 0.29) is 6.10 Å². The van der Waals surface area contributed by atoms with Crippen molar-refractivity contribution in [2.75, 3.05) is 11.9 Å². The molecule has 0 spiro atoms. The van der Waals surface area contributed by atoms with Crippen LogP contribution < -0.4 is 15.8 Å². The molecule has 0 saturated carbocycles. The van der Waals surface area contributed by atoms with Gasteiger partial charge in [0.1, 0.15) is 0 Å². The monoisotopic (exact) mass is 286 g/mol. The molecule has 3 N–H and O–H groups in total. The van der Waals surface area contributed by atoms with Gasteiger partial charge in [0, 0.05) is 18.8 Å². The van der Waals surface area contributed by atoms with Gasteiger partial charge in [-0.25, -0.2) is 4.98 Å². The third-order valence-corrected chi connectivity index (χ3v) is 2.89. The summed E-state index contributed by atoms with van der Waals surface area (Å²) in [5.41, 5.74) is 7.97. The van der Waals surface area contributed by atoms with Crippen LogP contribution in [-0.2, 0) is 13.0 Å². The molecule has 0 aliphatic carbocycles. The zero-order valence-corrected chi connectivity index (χ0v) is 12.5. The van der Waals surface area contributed by atoms with Crippen LogP contribution in [0, 0.1) is 0 Å². The summed E-state index contributed by atoms with van der Waals surface area (Å²) in [6.07, 6.45) is 2.70. The van der Waals surface area contributed by atoms with E-state index in [1.807, 2.05) is 13.8 Å². The van der Waals surface area contributed by atoms with Crippen molar-refractivity contribution in [2.24, 2.45) is 5.73 Å². The Labute approximate surface area is 125 Å². The van der Waals surface area contributed by atoms with Crippen molar-refractivity contribution in [3.63, 3.8) is 0 Å². The number of rotatable bonds is 7. The fourth-order valence-corrected chi connectivity index (χ4v) is 1.91. The average molecular weight is 286 g/mol. The predicted octanol–water partition coefficient (Wildman–Crippen LogP) is 2.38. The van der Waals surface area contributed by atoms with E-state index >= 15 is 0 Å². The molecule has 0 amide bonds. The fraction of sp³-hybridized carbons (Fsp3) is 0.375. The van der Waals surface area contributed by atoms with Crippen molar-refractivity contribution in [2.45, 2.75) is 32.9 Å². The Balaban J connectivity index is 1.93. The topological polar surface area (TPSA) is 73.1 Å². The van der Waals surface area contributed by atoms with Gasteiger partial charge in [0.25, 0.3) is 0 Å². The highest BCUT2D eigenvalue weighted by molar-refractivity contribution is 5.31. The zero-order chi connectivity index (χ0) is 15.1. The second-order valence-corrected chi connectivity index (χ2v) is 5.09. The fourth-order valence-electron chi connectivity index (χ4n) is 1.91. The average Bonchev–Trinajstić information content (AvgIpc) is 2.47. The lowest BCUT2D eigenvalue weighted by Gasteiger charge is -2.10. The number of hydrogen-bond donors (Lipinski definition) is 2. The van der Waals surface area contributed by atoms with Gasteiger partial charge in [0.15, 0.2) is 0 Å². The molecule has 0 saturated heterocycles. The molecule has 1 aromatic carbocycles. The van der Waals surface area contributed by atoms with Crippen molar-refractivity contribution in [3.8, 4) is 5.88 Å². The summed E-state index contributed by atoms with van der Waals surface area (Å²) in [7, 11) is 0. The van der Waals surface area contributed by atoms with Gasteiger partial charge in [-0.15, -0.1) is 0 Å². The number of anilines is 1. The maximum Gasteiger partial charge on any atom is 0.226 e. The van der Waals surface area contributed by atoms with Crippen molar-refractivity contribution in [1.82, 2.24) is 9.97 Å². The van der Waals surface area contributed by atoms with Crippen LogP contribution >= 0.6 is 0 Å². The number of ether oxygens (including phenoxy) is 1. The second-order valence-electron chi connectivity index (χ2n) is 5.09. The van der Waals surface area contributed by atoms with Crippen LogP contribution in [0.2, 0.25) is 0 Å². The number of nitrogens with one attached hydrogen (secondary N) is 1. The van der Waals surface area contributed by atoms with Gasteiger partial charge in [-0.2, -0.15) is 4.98 Å². The van der Waals surface area contributed by atoms with Crippen LogP contribution in [-0.4, -0.2) is 22.6 Å². The van der Waals surface area contributed by atoms with Gasteiger partial charge in [-0.3, -0.25) is 0 Å². The van der Waals surface area contributed by atoms with E-state index in [4.69, 9.17) is 10.5 Å². The van der Waals surface area contributed by atoms with Crippen LogP contribution in [0.3, 0.4) is 0 Å². The molecular weight excluding hydrogens is 264 g/mol. The Morgan fingerprint density at radius 3 is 2.52 bits per heavy atom. The summed E-state index contributed by atoms with van der Waals surface area (Å²) in [5, 5.41) is 3.20. The van der Waals surface area contributed by atoms with E-state index < -0.39 is 0 Å². The molecule has 0 aliphatic rings. The highest BCUT2D eigenvalue weighted by Crippen LogP contribution is 2.12. The number of aromatic nitrogens is 2. The van der Waals surface area contributed by atoms with Gasteiger partial charge < -0.3 is 15.8 Å². The smallest absolute Gasteiger partial charge is 0.226 e. The van der Waals surface area contributed by atoms with Crippen LogP contribution in [0.4, 0.5) is 5.95 Å². The van der Waals surface area contributed by atoms with Gasteiger partial charge in [0.05, 0.1) is 6.10 Å². The van der Waals surface area contributed by atoms with Crippen LogP contribution in [0.1, 0.15) is 25.0 Å². The maximum atomic E-state index is 5.55. The SMILES string of the molecule is CC(C)Oc1ccnc(NCc2ccc(CCN)cc2)n1. The molecule has 1 heterocycles. The number of nitrogens with two attached hydrogens (primary N) is 1. The molecule has 2 aromatic rings. The summed E-state index contributed by atoms with van der Waals surface area (Å²) < 4.78 is 5.55. The van der Waals surface area contributed by atoms with Crippen molar-refractivity contribution in [3.05, 3.63) is 47.7 Å². The van der Waals surface area contributed by atoms with Crippen molar-refractivity contribution in [1.29, 1.82) is 0 Å². The standard InChI is InChI=1S/C16H22N4O/c1-12(2)21-15-8-10-18-16(20-15)19-11-14-5-3-13(4-6-14)7-9-17/h3-6,8,10,12H,7,9,11,17H2,1-2H3,(H,18,19,20). The lowest BCUT2D eigenvalue weighted by Crippen LogP contribution is -2.09. The lowest BCUT2D eigenvalue weighted by atomic mass is 10.1. The van der Waals surface area contributed by atoms with Gasteiger partial charge >= 0.3 is 0 Å². The lowest BCUT2D eigenvalue weighted by molar-refractivity contribution is 0.232. The first-order valence-electron chi connectivity index (χ1n) is 7.19. The molecule has 1 aromatic heterocycles. The Hall–Kier alpha value is -2.14. The summed E-state index contributed by atoms with van der Waals surface area (Å²) >= 11 is 0. The Bertz CT molecular complexity index is 554. The predicted molar refractivity (Wildman–Crippen MR) is 84.3 cm³/mol. The quantitative estimate of drug-likeness (QED) is 0.817. The van der Waals surface area contributed by atoms with E-state index in [1.165, 1.54) is 11.1 Å². The minimum atomic E-state index is 0.0999. The molecule has 2 rings (SSSR count). The Kier molecular flexibility index (Phi) is 5.51. The van der Waals surface area contributed by atoms with E-state index in [1.54, 1.807) is 12.3 Å². The molecule has 0 unspecified atom stereocenters. The van der Waals surface area contributed by atoms with Crippen molar-refractivity contribution >= 4 is 5.95 Å². The molecular formula is C16H22N4O. The number of nitrogens with zero attached hydrogens (tertiary/aromatic N) is 2. The van der Waals surface area contributed by atoms with Crippen LogP contribution in [0.15, 0.2) is 36.5 Å². The third kappa shape index (κ3) is 5.04. The minimum Gasteiger partial charge on any atom is -0.475 e. The normalized spacial score (nSPS) is 10.7. The summed E-state index contributed by atoms with van der Waals surface area (Å²) in [5.74, 6) is 1.15. The van der Waals surface area contributed by atoms with Gasteiger partial charge in [-0.05, 0) is 37.9 Å². The van der Waals surface area contributed by atoms with Crippen LogP contribution in [0.5, 0.6) is 5.88 Å². The molecule has 0 aliphatic heterocycles. The van der Waals surface area contributed by atoms with Crippen LogP contribution in [0.25, 0.3) is 0 Å². The number of benzene rings is 1. The first-order chi connectivity index (χ1) is 10.2. The molecule has 112 valence electrons. The van der Waals surface area contributed by atoms with E-state index in [2.05, 4.69) is 39.6 Å². The highest BCUT2D eigenvalue weighted by Gasteiger charge is 2.02. The summed E-state index contributed by atoms with van der Waals surface area (Å²) in [6, 6.07) is 10.1. The summed E-state index contributed by atoms with van der Waals surface area (Å²) in [4.78, 5) is 8.50. The van der Waals surface area contributed by atoms with E-state index in [0.29, 0.717) is 24.9 Å². The molecule has 5 nitrogen and oxygen atoms in total.